The Hall–Kier alpha value is -1.85. The predicted octanol–water partition coefficient (Wildman–Crippen LogP) is 1.69. The average Bonchev–Trinajstić information content (AvgIpc) is 2.92. The average molecular weight is 248 g/mol. The van der Waals surface area contributed by atoms with Gasteiger partial charge in [-0.3, -0.25) is 9.25 Å². The Morgan fingerprint density at radius 1 is 1.22 bits per heavy atom. The standard InChI is InChI=1S/C12H20N6/c1-5-10-9(8-17(4)16-10)11-14-15-12(13-6-2)18(11)7-3/h8H,5-7H2,1-4H3,(H,13,15). The summed E-state index contributed by atoms with van der Waals surface area (Å²) in [5.41, 5.74) is 2.13. The van der Waals surface area contributed by atoms with E-state index >= 15 is 0 Å². The lowest BCUT2D eigenvalue weighted by molar-refractivity contribution is 0.746. The molecule has 0 spiro atoms. The third-order valence-corrected chi connectivity index (χ3v) is 2.88. The summed E-state index contributed by atoms with van der Waals surface area (Å²) < 4.78 is 3.91. The van der Waals surface area contributed by atoms with E-state index in [1.54, 1.807) is 0 Å². The fourth-order valence-corrected chi connectivity index (χ4v) is 2.07. The van der Waals surface area contributed by atoms with Crippen LogP contribution in [0.15, 0.2) is 6.20 Å². The van der Waals surface area contributed by atoms with Crippen molar-refractivity contribution in [3.05, 3.63) is 11.9 Å². The second-order valence-electron chi connectivity index (χ2n) is 4.14. The fraction of sp³-hybridized carbons (Fsp3) is 0.583. The van der Waals surface area contributed by atoms with E-state index in [2.05, 4.69) is 46.0 Å². The van der Waals surface area contributed by atoms with Gasteiger partial charge in [0.1, 0.15) is 0 Å². The van der Waals surface area contributed by atoms with E-state index in [9.17, 15) is 0 Å². The molecule has 2 heterocycles. The van der Waals surface area contributed by atoms with Crippen LogP contribution in [0.5, 0.6) is 0 Å². The van der Waals surface area contributed by atoms with E-state index in [1.807, 2.05) is 17.9 Å². The van der Waals surface area contributed by atoms with Gasteiger partial charge in [0.2, 0.25) is 5.95 Å². The van der Waals surface area contributed by atoms with Gasteiger partial charge in [0, 0.05) is 26.3 Å². The lowest BCUT2D eigenvalue weighted by atomic mass is 10.2. The van der Waals surface area contributed by atoms with E-state index in [0.29, 0.717) is 0 Å². The minimum absolute atomic E-state index is 0.820. The van der Waals surface area contributed by atoms with Gasteiger partial charge in [0.05, 0.1) is 11.3 Å². The molecule has 2 rings (SSSR count). The maximum atomic E-state index is 4.45. The van der Waals surface area contributed by atoms with Gasteiger partial charge >= 0.3 is 0 Å². The highest BCUT2D eigenvalue weighted by Gasteiger charge is 2.17. The molecule has 0 aromatic carbocycles. The van der Waals surface area contributed by atoms with Crippen molar-refractivity contribution in [1.29, 1.82) is 0 Å². The lowest BCUT2D eigenvalue weighted by Gasteiger charge is -2.07. The van der Waals surface area contributed by atoms with Crippen LogP contribution in [0.4, 0.5) is 5.95 Å². The first kappa shape index (κ1) is 12.6. The summed E-state index contributed by atoms with van der Waals surface area (Å²) in [6, 6.07) is 0. The highest BCUT2D eigenvalue weighted by molar-refractivity contribution is 5.59. The van der Waals surface area contributed by atoms with Crippen molar-refractivity contribution >= 4 is 5.95 Å². The molecule has 0 aliphatic rings. The van der Waals surface area contributed by atoms with Crippen LogP contribution in [0.1, 0.15) is 26.5 Å². The summed E-state index contributed by atoms with van der Waals surface area (Å²) in [7, 11) is 1.93. The quantitative estimate of drug-likeness (QED) is 0.874. The van der Waals surface area contributed by atoms with Crippen LogP contribution in [0.2, 0.25) is 0 Å². The largest absolute Gasteiger partial charge is 0.355 e. The molecule has 2 aromatic heterocycles. The van der Waals surface area contributed by atoms with Crippen molar-refractivity contribution < 1.29 is 0 Å². The number of nitrogens with one attached hydrogen (secondary N) is 1. The zero-order chi connectivity index (χ0) is 13.1. The van der Waals surface area contributed by atoms with Crippen molar-refractivity contribution in [1.82, 2.24) is 24.5 Å². The molecule has 98 valence electrons. The van der Waals surface area contributed by atoms with Gasteiger partial charge < -0.3 is 5.32 Å². The highest BCUT2D eigenvalue weighted by Crippen LogP contribution is 2.23. The van der Waals surface area contributed by atoms with Crippen LogP contribution < -0.4 is 5.32 Å². The Balaban J connectivity index is 2.49. The van der Waals surface area contributed by atoms with Crippen LogP contribution >= 0.6 is 0 Å². The van der Waals surface area contributed by atoms with Gasteiger partial charge in [0.25, 0.3) is 0 Å². The Labute approximate surface area is 107 Å². The second-order valence-corrected chi connectivity index (χ2v) is 4.14. The number of anilines is 1. The molecule has 0 saturated carbocycles. The number of aromatic nitrogens is 5. The van der Waals surface area contributed by atoms with Crippen molar-refractivity contribution in [3.63, 3.8) is 0 Å². The van der Waals surface area contributed by atoms with E-state index in [1.165, 1.54) is 0 Å². The molecule has 0 aliphatic carbocycles. The van der Waals surface area contributed by atoms with Gasteiger partial charge in [-0.1, -0.05) is 6.92 Å². The van der Waals surface area contributed by atoms with Crippen LogP contribution in [0.3, 0.4) is 0 Å². The van der Waals surface area contributed by atoms with Crippen LogP contribution in [0, 0.1) is 0 Å². The van der Waals surface area contributed by atoms with Crippen molar-refractivity contribution in [2.45, 2.75) is 33.7 Å². The maximum Gasteiger partial charge on any atom is 0.224 e. The lowest BCUT2D eigenvalue weighted by Crippen LogP contribution is -2.07. The first-order valence-corrected chi connectivity index (χ1v) is 6.41. The van der Waals surface area contributed by atoms with Crippen molar-refractivity contribution in [3.8, 4) is 11.4 Å². The molecule has 0 radical (unpaired) electrons. The molecular weight excluding hydrogens is 228 g/mol. The zero-order valence-electron chi connectivity index (χ0n) is 11.4. The summed E-state index contributed by atoms with van der Waals surface area (Å²) in [4.78, 5) is 0. The van der Waals surface area contributed by atoms with Gasteiger partial charge in [-0.25, -0.2) is 0 Å². The molecule has 0 unspecified atom stereocenters. The molecule has 2 aromatic rings. The number of aryl methyl sites for hydroxylation is 2. The third kappa shape index (κ3) is 2.10. The van der Waals surface area contributed by atoms with E-state index < -0.39 is 0 Å². The second kappa shape index (κ2) is 5.20. The Kier molecular flexibility index (Phi) is 3.64. The summed E-state index contributed by atoms with van der Waals surface area (Å²) in [6.07, 6.45) is 2.90. The Morgan fingerprint density at radius 2 is 2.00 bits per heavy atom. The number of nitrogens with zero attached hydrogens (tertiary/aromatic N) is 5. The molecule has 0 fully saturated rings. The van der Waals surface area contributed by atoms with Gasteiger partial charge in [-0.15, -0.1) is 10.2 Å². The fourth-order valence-electron chi connectivity index (χ4n) is 2.07. The van der Waals surface area contributed by atoms with Crippen LogP contribution in [-0.4, -0.2) is 31.1 Å². The first-order chi connectivity index (χ1) is 8.71. The minimum atomic E-state index is 0.820. The molecule has 1 N–H and O–H groups in total. The molecule has 0 amide bonds. The molecular formula is C12H20N6. The molecule has 18 heavy (non-hydrogen) atoms. The third-order valence-electron chi connectivity index (χ3n) is 2.88. The number of hydrogen-bond acceptors (Lipinski definition) is 4. The zero-order valence-corrected chi connectivity index (χ0v) is 11.4. The van der Waals surface area contributed by atoms with E-state index in [4.69, 9.17) is 0 Å². The molecule has 0 saturated heterocycles. The first-order valence-electron chi connectivity index (χ1n) is 6.41. The van der Waals surface area contributed by atoms with Gasteiger partial charge in [-0.2, -0.15) is 5.10 Å². The molecule has 6 nitrogen and oxygen atoms in total. The summed E-state index contributed by atoms with van der Waals surface area (Å²) in [5.74, 6) is 1.71. The van der Waals surface area contributed by atoms with E-state index in [-0.39, 0.29) is 0 Å². The van der Waals surface area contributed by atoms with Gasteiger partial charge in [0.15, 0.2) is 5.82 Å². The summed E-state index contributed by atoms with van der Waals surface area (Å²) in [6.45, 7) is 7.92. The number of rotatable bonds is 5. The molecule has 6 heteroatoms. The Morgan fingerprint density at radius 3 is 2.61 bits per heavy atom. The monoisotopic (exact) mass is 248 g/mol. The van der Waals surface area contributed by atoms with Gasteiger partial charge in [-0.05, 0) is 20.3 Å². The minimum Gasteiger partial charge on any atom is -0.355 e. The summed E-state index contributed by atoms with van der Waals surface area (Å²) in [5, 5.41) is 16.2. The molecule has 0 atom stereocenters. The van der Waals surface area contributed by atoms with E-state index in [0.717, 1.165) is 42.5 Å². The predicted molar refractivity (Wildman–Crippen MR) is 71.4 cm³/mol. The summed E-state index contributed by atoms with van der Waals surface area (Å²) >= 11 is 0. The van der Waals surface area contributed by atoms with Crippen molar-refractivity contribution in [2.75, 3.05) is 11.9 Å². The Bertz CT molecular complexity index is 525. The smallest absolute Gasteiger partial charge is 0.224 e. The van der Waals surface area contributed by atoms with Crippen LogP contribution in [-0.2, 0) is 20.0 Å². The molecule has 0 bridgehead atoms. The van der Waals surface area contributed by atoms with Crippen molar-refractivity contribution in [2.24, 2.45) is 7.05 Å². The highest BCUT2D eigenvalue weighted by atomic mass is 15.4. The topological polar surface area (TPSA) is 60.6 Å². The molecule has 0 aliphatic heterocycles. The maximum absolute atomic E-state index is 4.45. The SMILES string of the molecule is CCNc1nnc(-c2cn(C)nc2CC)n1CC. The number of hydrogen-bond donors (Lipinski definition) is 1. The normalized spacial score (nSPS) is 10.9. The van der Waals surface area contributed by atoms with Crippen LogP contribution in [0.25, 0.3) is 11.4 Å².